The van der Waals surface area contributed by atoms with E-state index in [9.17, 15) is 9.90 Å². The van der Waals surface area contributed by atoms with Crippen LogP contribution in [0, 0.1) is 24.2 Å². The standard InChI is InChI=1S/C29H38O6/c1-7-29(4)14-13-25(35-28(31)21-11-9-8-10-12-21)20(3)23(29)17-24(30)22-15-19(2)16-26(33-6)27(22)34-18-32-5/h7-12,15-16,20,23-25,30H,1,13-14,17-18H2,2-6H3/t20-,23-,24+,25+,29-/m1/s1. The van der Waals surface area contributed by atoms with Crippen LogP contribution >= 0.6 is 0 Å². The second-order valence-corrected chi connectivity index (χ2v) is 9.71. The summed E-state index contributed by atoms with van der Waals surface area (Å²) in [6, 6.07) is 12.8. The molecule has 1 aliphatic carbocycles. The monoisotopic (exact) mass is 482 g/mol. The van der Waals surface area contributed by atoms with Crippen molar-refractivity contribution < 1.29 is 28.8 Å². The molecular weight excluding hydrogens is 444 g/mol. The number of aliphatic hydroxyl groups excluding tert-OH is 1. The van der Waals surface area contributed by atoms with E-state index in [1.165, 1.54) is 0 Å². The smallest absolute Gasteiger partial charge is 0.338 e. The summed E-state index contributed by atoms with van der Waals surface area (Å²) in [6.45, 7) is 10.4. The van der Waals surface area contributed by atoms with Gasteiger partial charge in [0.2, 0.25) is 0 Å². The number of allylic oxidation sites excluding steroid dienone is 1. The van der Waals surface area contributed by atoms with Crippen molar-refractivity contribution in [1.82, 2.24) is 0 Å². The molecule has 1 aliphatic rings. The minimum absolute atomic E-state index is 0.0177. The van der Waals surface area contributed by atoms with Crippen molar-refractivity contribution in [3.8, 4) is 11.5 Å². The molecule has 0 unspecified atom stereocenters. The van der Waals surface area contributed by atoms with Crippen LogP contribution in [0.1, 0.15) is 60.7 Å². The van der Waals surface area contributed by atoms with Gasteiger partial charge in [-0.15, -0.1) is 6.58 Å². The van der Waals surface area contributed by atoms with E-state index in [1.807, 2.05) is 43.3 Å². The lowest BCUT2D eigenvalue weighted by molar-refractivity contribution is -0.0508. The minimum atomic E-state index is -0.814. The van der Waals surface area contributed by atoms with Crippen molar-refractivity contribution in [2.24, 2.45) is 17.3 Å². The molecule has 0 aliphatic heterocycles. The van der Waals surface area contributed by atoms with Crippen LogP contribution in [0.15, 0.2) is 55.1 Å². The molecule has 1 N–H and O–H groups in total. The van der Waals surface area contributed by atoms with E-state index in [2.05, 4.69) is 20.4 Å². The van der Waals surface area contributed by atoms with Crippen molar-refractivity contribution >= 4 is 5.97 Å². The number of hydrogen-bond acceptors (Lipinski definition) is 6. The molecule has 2 aromatic carbocycles. The van der Waals surface area contributed by atoms with Crippen LogP contribution in [0.25, 0.3) is 0 Å². The van der Waals surface area contributed by atoms with Crippen molar-refractivity contribution in [2.45, 2.75) is 52.2 Å². The number of methoxy groups -OCH3 is 2. The Morgan fingerprint density at radius 2 is 1.97 bits per heavy atom. The van der Waals surface area contributed by atoms with E-state index in [0.29, 0.717) is 29.0 Å². The van der Waals surface area contributed by atoms with E-state index in [4.69, 9.17) is 18.9 Å². The van der Waals surface area contributed by atoms with Gasteiger partial charge in [0, 0.05) is 12.7 Å². The molecule has 6 nitrogen and oxygen atoms in total. The zero-order valence-electron chi connectivity index (χ0n) is 21.5. The first-order chi connectivity index (χ1) is 16.7. The van der Waals surface area contributed by atoms with Crippen molar-refractivity contribution in [2.75, 3.05) is 21.0 Å². The molecule has 0 spiro atoms. The Kier molecular flexibility index (Phi) is 8.98. The maximum Gasteiger partial charge on any atom is 0.338 e. The molecule has 0 amide bonds. The van der Waals surface area contributed by atoms with Crippen molar-refractivity contribution in [3.63, 3.8) is 0 Å². The second-order valence-electron chi connectivity index (χ2n) is 9.71. The van der Waals surface area contributed by atoms with Gasteiger partial charge in [-0.3, -0.25) is 0 Å². The van der Waals surface area contributed by atoms with Gasteiger partial charge in [-0.2, -0.15) is 0 Å². The molecule has 0 radical (unpaired) electrons. The number of ether oxygens (including phenoxy) is 4. The first-order valence-electron chi connectivity index (χ1n) is 12.1. The van der Waals surface area contributed by atoms with Gasteiger partial charge in [0.25, 0.3) is 0 Å². The second kappa shape index (κ2) is 11.7. The Morgan fingerprint density at radius 3 is 2.60 bits per heavy atom. The van der Waals surface area contributed by atoms with Gasteiger partial charge in [-0.1, -0.05) is 38.1 Å². The van der Waals surface area contributed by atoms with Crippen LogP contribution in [-0.2, 0) is 9.47 Å². The predicted molar refractivity (Wildman–Crippen MR) is 136 cm³/mol. The van der Waals surface area contributed by atoms with Crippen LogP contribution in [0.4, 0.5) is 0 Å². The zero-order chi connectivity index (χ0) is 25.6. The van der Waals surface area contributed by atoms with Gasteiger partial charge < -0.3 is 24.1 Å². The lowest BCUT2D eigenvalue weighted by Gasteiger charge is -2.47. The van der Waals surface area contributed by atoms with Gasteiger partial charge in [0.05, 0.1) is 18.8 Å². The minimum Gasteiger partial charge on any atom is -0.493 e. The topological polar surface area (TPSA) is 74.2 Å². The number of carbonyl (C=O) groups is 1. The van der Waals surface area contributed by atoms with Gasteiger partial charge in [-0.25, -0.2) is 4.79 Å². The van der Waals surface area contributed by atoms with E-state index >= 15 is 0 Å². The average molecular weight is 483 g/mol. The molecule has 5 atom stereocenters. The maximum absolute atomic E-state index is 12.8. The maximum atomic E-state index is 12.8. The number of rotatable bonds is 10. The molecule has 2 aromatic rings. The fourth-order valence-electron chi connectivity index (χ4n) is 5.25. The molecule has 35 heavy (non-hydrogen) atoms. The highest BCUT2D eigenvalue weighted by Gasteiger charge is 2.45. The Morgan fingerprint density at radius 1 is 1.26 bits per heavy atom. The summed E-state index contributed by atoms with van der Waals surface area (Å²) in [5, 5.41) is 11.5. The zero-order valence-corrected chi connectivity index (χ0v) is 21.5. The van der Waals surface area contributed by atoms with Crippen LogP contribution in [0.2, 0.25) is 0 Å². The van der Waals surface area contributed by atoms with Crippen LogP contribution < -0.4 is 9.47 Å². The summed E-state index contributed by atoms with van der Waals surface area (Å²) in [5.74, 6) is 0.753. The van der Waals surface area contributed by atoms with Crippen molar-refractivity contribution in [1.29, 1.82) is 0 Å². The van der Waals surface area contributed by atoms with E-state index < -0.39 is 6.10 Å². The first kappa shape index (κ1) is 26.8. The summed E-state index contributed by atoms with van der Waals surface area (Å²) in [5.41, 5.74) is 1.94. The summed E-state index contributed by atoms with van der Waals surface area (Å²) in [7, 11) is 3.13. The average Bonchev–Trinajstić information content (AvgIpc) is 2.87. The number of benzene rings is 2. The molecule has 1 fully saturated rings. The molecule has 0 saturated heterocycles. The van der Waals surface area contributed by atoms with E-state index in [0.717, 1.165) is 18.4 Å². The normalized spacial score (nSPS) is 24.9. The SMILES string of the molecule is C=C[C@]1(C)CC[C@H](OC(=O)c2ccccc2)[C@H](C)[C@H]1C[C@H](O)c1cc(C)cc(OC)c1OCOC. The summed E-state index contributed by atoms with van der Waals surface area (Å²) >= 11 is 0. The molecule has 0 heterocycles. The molecule has 6 heteroatoms. The van der Waals surface area contributed by atoms with Gasteiger partial charge >= 0.3 is 5.97 Å². The van der Waals surface area contributed by atoms with Gasteiger partial charge in [0.1, 0.15) is 6.10 Å². The highest BCUT2D eigenvalue weighted by Crippen LogP contribution is 2.50. The summed E-state index contributed by atoms with van der Waals surface area (Å²) < 4.78 is 22.4. The van der Waals surface area contributed by atoms with Crippen LogP contribution in [0.5, 0.6) is 11.5 Å². The largest absolute Gasteiger partial charge is 0.493 e. The van der Waals surface area contributed by atoms with Crippen LogP contribution in [-0.4, -0.2) is 38.2 Å². The quantitative estimate of drug-likeness (QED) is 0.259. The molecule has 3 rings (SSSR count). The lowest BCUT2D eigenvalue weighted by Crippen LogP contribution is -2.44. The first-order valence-corrected chi connectivity index (χ1v) is 12.1. The fourth-order valence-corrected chi connectivity index (χ4v) is 5.25. The predicted octanol–water partition coefficient (Wildman–Crippen LogP) is 5.87. The molecule has 0 aromatic heterocycles. The number of hydrogen-bond donors (Lipinski definition) is 1. The molecule has 0 bridgehead atoms. The lowest BCUT2D eigenvalue weighted by atomic mass is 9.60. The van der Waals surface area contributed by atoms with E-state index in [-0.39, 0.29) is 36.1 Å². The Labute approximate surface area is 208 Å². The molecule has 1 saturated carbocycles. The number of carbonyl (C=O) groups excluding carboxylic acids is 1. The molecular formula is C29H38O6. The molecule has 190 valence electrons. The fraction of sp³-hybridized carbons (Fsp3) is 0.483. The van der Waals surface area contributed by atoms with Crippen LogP contribution in [0.3, 0.4) is 0 Å². The third-order valence-corrected chi connectivity index (χ3v) is 7.38. The van der Waals surface area contributed by atoms with Crippen molar-refractivity contribution in [3.05, 3.63) is 71.8 Å². The Hall–Kier alpha value is -2.83. The number of esters is 1. The Balaban J connectivity index is 1.86. The third-order valence-electron chi connectivity index (χ3n) is 7.38. The number of aryl methyl sites for hydroxylation is 1. The van der Waals surface area contributed by atoms with Gasteiger partial charge in [-0.05, 0) is 73.3 Å². The number of aliphatic hydroxyl groups is 1. The highest BCUT2D eigenvalue weighted by molar-refractivity contribution is 5.89. The summed E-state index contributed by atoms with van der Waals surface area (Å²) in [6.07, 6.45) is 2.94. The third kappa shape index (κ3) is 6.06. The van der Waals surface area contributed by atoms with Gasteiger partial charge in [0.15, 0.2) is 18.3 Å². The highest BCUT2D eigenvalue weighted by atomic mass is 16.7. The van der Waals surface area contributed by atoms with E-state index in [1.54, 1.807) is 26.4 Å². The summed E-state index contributed by atoms with van der Waals surface area (Å²) in [4.78, 5) is 12.8. The Bertz CT molecular complexity index is 1000.